The van der Waals surface area contributed by atoms with Crippen molar-refractivity contribution in [1.82, 2.24) is 4.98 Å². The maximum Gasteiger partial charge on any atom is 0.233 e. The summed E-state index contributed by atoms with van der Waals surface area (Å²) in [6, 6.07) is 12.6. The zero-order chi connectivity index (χ0) is 13.2. The number of carbonyl (C=O) groups is 1. The number of hydrogen-bond acceptors (Lipinski definition) is 4. The van der Waals surface area contributed by atoms with Crippen LogP contribution in [0.3, 0.4) is 0 Å². The van der Waals surface area contributed by atoms with Crippen LogP contribution in [-0.2, 0) is 0 Å². The molecule has 0 spiro atoms. The van der Waals surface area contributed by atoms with Crippen LogP contribution >= 0.6 is 0 Å². The van der Waals surface area contributed by atoms with Crippen LogP contribution in [0.25, 0.3) is 11.0 Å². The van der Waals surface area contributed by atoms with Gasteiger partial charge in [-0.2, -0.15) is 0 Å². The standard InChI is InChI=1S/C15H11NO3/c1-18-15-11(6-4-8-16-15)14(17)13-9-10-5-2-3-7-12(10)19-13/h2-9H,1H3. The molecule has 4 heteroatoms. The zero-order valence-electron chi connectivity index (χ0n) is 10.3. The molecule has 2 heterocycles. The Morgan fingerprint density at radius 1 is 1.21 bits per heavy atom. The first-order chi connectivity index (χ1) is 9.29. The van der Waals surface area contributed by atoms with E-state index in [-0.39, 0.29) is 11.5 Å². The number of rotatable bonds is 3. The molecule has 3 rings (SSSR count). The number of benzene rings is 1. The minimum Gasteiger partial charge on any atom is -0.480 e. The average molecular weight is 253 g/mol. The van der Waals surface area contributed by atoms with Crippen LogP contribution in [0.15, 0.2) is 53.1 Å². The minimum absolute atomic E-state index is 0.235. The van der Waals surface area contributed by atoms with Crippen LogP contribution in [0, 0.1) is 0 Å². The van der Waals surface area contributed by atoms with Crippen LogP contribution in [-0.4, -0.2) is 17.9 Å². The molecule has 0 fully saturated rings. The average Bonchev–Trinajstić information content (AvgIpc) is 2.90. The fourth-order valence-corrected chi connectivity index (χ4v) is 1.95. The van der Waals surface area contributed by atoms with E-state index in [0.29, 0.717) is 17.0 Å². The van der Waals surface area contributed by atoms with Crippen LogP contribution in [0.2, 0.25) is 0 Å². The topological polar surface area (TPSA) is 52.3 Å². The largest absolute Gasteiger partial charge is 0.480 e. The van der Waals surface area contributed by atoms with Gasteiger partial charge in [-0.05, 0) is 24.3 Å². The summed E-state index contributed by atoms with van der Waals surface area (Å²) in [5.41, 5.74) is 1.08. The second-order valence-corrected chi connectivity index (χ2v) is 4.04. The SMILES string of the molecule is COc1ncccc1C(=O)c1cc2ccccc2o1. The first-order valence-electron chi connectivity index (χ1n) is 5.82. The quantitative estimate of drug-likeness (QED) is 0.673. The molecule has 3 aromatic rings. The van der Waals surface area contributed by atoms with Gasteiger partial charge in [-0.3, -0.25) is 4.79 Å². The van der Waals surface area contributed by atoms with Crippen molar-refractivity contribution in [1.29, 1.82) is 0 Å². The normalized spacial score (nSPS) is 10.6. The van der Waals surface area contributed by atoms with Crippen molar-refractivity contribution in [2.75, 3.05) is 7.11 Å². The second kappa shape index (κ2) is 4.57. The van der Waals surface area contributed by atoms with E-state index in [9.17, 15) is 4.79 Å². The van der Waals surface area contributed by atoms with Crippen molar-refractivity contribution in [2.45, 2.75) is 0 Å². The number of furan rings is 1. The highest BCUT2D eigenvalue weighted by Gasteiger charge is 2.18. The summed E-state index contributed by atoms with van der Waals surface area (Å²) in [6.07, 6.45) is 1.58. The lowest BCUT2D eigenvalue weighted by atomic mass is 10.1. The fraction of sp³-hybridized carbons (Fsp3) is 0.0667. The molecular weight excluding hydrogens is 242 g/mol. The van der Waals surface area contributed by atoms with Gasteiger partial charge in [0, 0.05) is 11.6 Å². The van der Waals surface area contributed by atoms with E-state index in [4.69, 9.17) is 9.15 Å². The second-order valence-electron chi connectivity index (χ2n) is 4.04. The maximum absolute atomic E-state index is 12.4. The number of para-hydroxylation sites is 1. The van der Waals surface area contributed by atoms with Crippen LogP contribution in [0.1, 0.15) is 16.1 Å². The van der Waals surface area contributed by atoms with E-state index < -0.39 is 0 Å². The molecule has 19 heavy (non-hydrogen) atoms. The fourth-order valence-electron chi connectivity index (χ4n) is 1.95. The minimum atomic E-state index is -0.235. The van der Waals surface area contributed by atoms with Crippen LogP contribution in [0.4, 0.5) is 0 Å². The number of carbonyl (C=O) groups excluding carboxylic acids is 1. The Hall–Kier alpha value is -2.62. The van der Waals surface area contributed by atoms with Gasteiger partial charge in [-0.25, -0.2) is 4.98 Å². The Kier molecular flexibility index (Phi) is 2.76. The monoisotopic (exact) mass is 253 g/mol. The Morgan fingerprint density at radius 3 is 2.84 bits per heavy atom. The molecule has 0 aliphatic rings. The van der Waals surface area contributed by atoms with Gasteiger partial charge in [0.25, 0.3) is 0 Å². The molecular formula is C15H11NO3. The number of fused-ring (bicyclic) bond motifs is 1. The molecule has 4 nitrogen and oxygen atoms in total. The van der Waals surface area contributed by atoms with Crippen LogP contribution in [0.5, 0.6) is 5.88 Å². The Morgan fingerprint density at radius 2 is 2.05 bits per heavy atom. The summed E-state index contributed by atoms with van der Waals surface area (Å²) in [7, 11) is 1.48. The molecule has 0 atom stereocenters. The highest BCUT2D eigenvalue weighted by atomic mass is 16.5. The number of methoxy groups -OCH3 is 1. The van der Waals surface area contributed by atoms with Crippen molar-refractivity contribution < 1.29 is 13.9 Å². The molecule has 2 aromatic heterocycles. The van der Waals surface area contributed by atoms with Gasteiger partial charge in [-0.15, -0.1) is 0 Å². The summed E-state index contributed by atoms with van der Waals surface area (Å²) in [4.78, 5) is 16.4. The third-order valence-corrected chi connectivity index (χ3v) is 2.86. The lowest BCUT2D eigenvalue weighted by molar-refractivity contribution is 0.101. The summed E-state index contributed by atoms with van der Waals surface area (Å²) in [5, 5.41) is 0.897. The highest BCUT2D eigenvalue weighted by Crippen LogP contribution is 2.24. The van der Waals surface area contributed by atoms with Gasteiger partial charge < -0.3 is 9.15 Å². The molecule has 0 radical (unpaired) electrons. The smallest absolute Gasteiger partial charge is 0.233 e. The van der Waals surface area contributed by atoms with Crippen molar-refractivity contribution in [3.8, 4) is 5.88 Å². The van der Waals surface area contributed by atoms with E-state index in [2.05, 4.69) is 4.98 Å². The number of pyridine rings is 1. The van der Waals surface area contributed by atoms with E-state index in [1.54, 1.807) is 24.4 Å². The van der Waals surface area contributed by atoms with E-state index >= 15 is 0 Å². The highest BCUT2D eigenvalue weighted by molar-refractivity contribution is 6.10. The number of ether oxygens (including phenoxy) is 1. The molecule has 1 aromatic carbocycles. The molecule has 0 saturated carbocycles. The summed E-state index contributed by atoms with van der Waals surface area (Å²) in [5.74, 6) is 0.349. The number of ketones is 1. The number of aromatic nitrogens is 1. The first kappa shape index (κ1) is 11.5. The summed E-state index contributed by atoms with van der Waals surface area (Å²) in [6.45, 7) is 0. The van der Waals surface area contributed by atoms with Gasteiger partial charge in [0.15, 0.2) is 5.76 Å². The molecule has 0 saturated heterocycles. The molecule has 0 amide bonds. The summed E-state index contributed by atoms with van der Waals surface area (Å²) < 4.78 is 10.6. The summed E-state index contributed by atoms with van der Waals surface area (Å²) >= 11 is 0. The van der Waals surface area contributed by atoms with Gasteiger partial charge in [-0.1, -0.05) is 18.2 Å². The third-order valence-electron chi connectivity index (χ3n) is 2.86. The van der Waals surface area contributed by atoms with E-state index in [1.165, 1.54) is 7.11 Å². The van der Waals surface area contributed by atoms with Gasteiger partial charge >= 0.3 is 0 Å². The zero-order valence-corrected chi connectivity index (χ0v) is 10.3. The number of nitrogens with zero attached hydrogens (tertiary/aromatic N) is 1. The Bertz CT molecular complexity index is 713. The van der Waals surface area contributed by atoms with Gasteiger partial charge in [0.05, 0.1) is 12.7 Å². The van der Waals surface area contributed by atoms with Gasteiger partial charge in [0.1, 0.15) is 5.58 Å². The van der Waals surface area contributed by atoms with E-state index in [1.807, 2.05) is 24.3 Å². The molecule has 0 N–H and O–H groups in total. The predicted octanol–water partition coefficient (Wildman–Crippen LogP) is 3.07. The van der Waals surface area contributed by atoms with Crippen LogP contribution < -0.4 is 4.74 Å². The first-order valence-corrected chi connectivity index (χ1v) is 5.82. The molecule has 0 bridgehead atoms. The van der Waals surface area contributed by atoms with Crippen molar-refractivity contribution >= 4 is 16.8 Å². The Labute approximate surface area is 109 Å². The molecule has 0 unspecified atom stereocenters. The maximum atomic E-state index is 12.4. The van der Waals surface area contributed by atoms with E-state index in [0.717, 1.165) is 5.39 Å². The lowest BCUT2D eigenvalue weighted by Crippen LogP contribution is -2.03. The molecule has 0 aliphatic heterocycles. The molecule has 0 aliphatic carbocycles. The van der Waals surface area contributed by atoms with Gasteiger partial charge in [0.2, 0.25) is 11.7 Å². The Balaban J connectivity index is 2.08. The lowest BCUT2D eigenvalue weighted by Gasteiger charge is -2.03. The third kappa shape index (κ3) is 1.97. The van der Waals surface area contributed by atoms with Crippen molar-refractivity contribution in [3.05, 3.63) is 60.0 Å². The van der Waals surface area contributed by atoms with Crippen molar-refractivity contribution in [2.24, 2.45) is 0 Å². The van der Waals surface area contributed by atoms with Crippen molar-refractivity contribution in [3.63, 3.8) is 0 Å². The predicted molar refractivity (Wildman–Crippen MR) is 70.4 cm³/mol. The number of hydrogen-bond donors (Lipinski definition) is 0. The molecule has 94 valence electrons.